The molecule has 0 saturated heterocycles. The fraction of sp³-hybridized carbons (Fsp3) is 0.571. The highest BCUT2D eigenvalue weighted by molar-refractivity contribution is 7.98. The quantitative estimate of drug-likeness (QED) is 0.862. The van der Waals surface area contributed by atoms with Crippen molar-refractivity contribution in [1.82, 2.24) is 5.32 Å². The van der Waals surface area contributed by atoms with Gasteiger partial charge < -0.3 is 10.4 Å². The van der Waals surface area contributed by atoms with Crippen molar-refractivity contribution in [2.75, 3.05) is 12.4 Å². The van der Waals surface area contributed by atoms with Gasteiger partial charge >= 0.3 is 0 Å². The molecule has 1 unspecified atom stereocenters. The third kappa shape index (κ3) is 3.03. The monoisotopic (exact) mass is 251 g/mol. The Balaban J connectivity index is 2.13. The molecule has 17 heavy (non-hydrogen) atoms. The SMILES string of the molecule is CC(C)[C@@H](CO)NC1CSCc2ccccc21. The van der Waals surface area contributed by atoms with E-state index < -0.39 is 0 Å². The molecule has 1 aromatic rings. The lowest BCUT2D eigenvalue weighted by Gasteiger charge is -2.31. The summed E-state index contributed by atoms with van der Waals surface area (Å²) in [6, 6.07) is 9.19. The molecule has 2 atom stereocenters. The van der Waals surface area contributed by atoms with Gasteiger partial charge in [-0.3, -0.25) is 0 Å². The largest absolute Gasteiger partial charge is 0.395 e. The number of rotatable bonds is 4. The summed E-state index contributed by atoms with van der Waals surface area (Å²) in [7, 11) is 0. The predicted octanol–water partition coefficient (Wildman–Crippen LogP) is 2.58. The molecule has 1 aliphatic heterocycles. The molecule has 1 heterocycles. The molecule has 2 rings (SSSR count). The summed E-state index contributed by atoms with van der Waals surface area (Å²) >= 11 is 1.97. The summed E-state index contributed by atoms with van der Waals surface area (Å²) in [5.74, 6) is 2.67. The highest BCUT2D eigenvalue weighted by Crippen LogP contribution is 2.32. The smallest absolute Gasteiger partial charge is 0.0587 e. The van der Waals surface area contributed by atoms with Crippen LogP contribution in [0.1, 0.15) is 31.0 Å². The van der Waals surface area contributed by atoms with Crippen molar-refractivity contribution in [3.63, 3.8) is 0 Å². The Labute approximate surface area is 108 Å². The van der Waals surface area contributed by atoms with E-state index in [0.717, 1.165) is 11.5 Å². The molecule has 0 amide bonds. The first-order valence-corrected chi connectivity index (χ1v) is 7.40. The Morgan fingerprint density at radius 3 is 2.88 bits per heavy atom. The average Bonchev–Trinajstić information content (AvgIpc) is 2.35. The summed E-state index contributed by atoms with van der Waals surface area (Å²) in [5.41, 5.74) is 2.84. The molecule has 0 aromatic heterocycles. The van der Waals surface area contributed by atoms with E-state index in [1.54, 1.807) is 0 Å². The number of aliphatic hydroxyl groups is 1. The van der Waals surface area contributed by atoms with Gasteiger partial charge in [-0.05, 0) is 17.0 Å². The van der Waals surface area contributed by atoms with E-state index in [9.17, 15) is 5.11 Å². The van der Waals surface area contributed by atoms with Gasteiger partial charge in [0.1, 0.15) is 0 Å². The Hall–Kier alpha value is -0.510. The van der Waals surface area contributed by atoms with E-state index in [4.69, 9.17) is 0 Å². The second kappa shape index (κ2) is 5.89. The van der Waals surface area contributed by atoms with Crippen LogP contribution >= 0.6 is 11.8 Å². The fourth-order valence-corrected chi connectivity index (χ4v) is 3.35. The highest BCUT2D eigenvalue weighted by atomic mass is 32.2. The molecular weight excluding hydrogens is 230 g/mol. The zero-order valence-corrected chi connectivity index (χ0v) is 11.3. The summed E-state index contributed by atoms with van der Waals surface area (Å²) in [6.45, 7) is 4.51. The minimum atomic E-state index is 0.187. The van der Waals surface area contributed by atoms with Gasteiger partial charge in [-0.2, -0.15) is 11.8 Å². The molecule has 1 aliphatic rings. The molecule has 3 heteroatoms. The molecule has 94 valence electrons. The topological polar surface area (TPSA) is 32.3 Å². The van der Waals surface area contributed by atoms with Crippen LogP contribution in [-0.2, 0) is 5.75 Å². The van der Waals surface area contributed by atoms with Crippen LogP contribution in [0.15, 0.2) is 24.3 Å². The number of hydrogen-bond acceptors (Lipinski definition) is 3. The molecule has 2 nitrogen and oxygen atoms in total. The number of hydrogen-bond donors (Lipinski definition) is 2. The van der Waals surface area contributed by atoms with E-state index in [1.807, 2.05) is 11.8 Å². The lowest BCUT2D eigenvalue weighted by molar-refractivity contribution is 0.202. The lowest BCUT2D eigenvalue weighted by atomic mass is 9.98. The maximum Gasteiger partial charge on any atom is 0.0587 e. The third-order valence-corrected chi connectivity index (χ3v) is 4.47. The predicted molar refractivity (Wildman–Crippen MR) is 74.2 cm³/mol. The van der Waals surface area contributed by atoms with E-state index in [2.05, 4.69) is 43.4 Å². The molecule has 1 aromatic carbocycles. The molecular formula is C14H21NOS. The molecule has 0 bridgehead atoms. The summed E-state index contributed by atoms with van der Waals surface area (Å²) in [6.07, 6.45) is 0. The van der Waals surface area contributed by atoms with Crippen molar-refractivity contribution < 1.29 is 5.11 Å². The van der Waals surface area contributed by atoms with Crippen LogP contribution in [0.2, 0.25) is 0 Å². The zero-order valence-electron chi connectivity index (χ0n) is 10.5. The van der Waals surface area contributed by atoms with Crippen LogP contribution in [0.4, 0.5) is 0 Å². The summed E-state index contributed by atoms with van der Waals surface area (Å²) in [5, 5.41) is 13.0. The first-order chi connectivity index (χ1) is 8.22. The van der Waals surface area contributed by atoms with Gasteiger partial charge in [0.05, 0.1) is 6.61 Å². The van der Waals surface area contributed by atoms with Crippen LogP contribution in [-0.4, -0.2) is 23.5 Å². The summed E-state index contributed by atoms with van der Waals surface area (Å²) < 4.78 is 0. The van der Waals surface area contributed by atoms with Gasteiger partial charge in [0.25, 0.3) is 0 Å². The first kappa shape index (κ1) is 12.9. The van der Waals surface area contributed by atoms with Gasteiger partial charge in [-0.15, -0.1) is 0 Å². The third-order valence-electron chi connectivity index (χ3n) is 3.39. The maximum atomic E-state index is 9.41. The van der Waals surface area contributed by atoms with Crippen molar-refractivity contribution in [2.24, 2.45) is 5.92 Å². The Kier molecular flexibility index (Phi) is 4.48. The van der Waals surface area contributed by atoms with Crippen molar-refractivity contribution in [1.29, 1.82) is 0 Å². The zero-order chi connectivity index (χ0) is 12.3. The Morgan fingerprint density at radius 1 is 1.41 bits per heavy atom. The van der Waals surface area contributed by atoms with E-state index in [1.165, 1.54) is 11.1 Å². The molecule has 2 N–H and O–H groups in total. The van der Waals surface area contributed by atoms with Crippen LogP contribution in [0, 0.1) is 5.92 Å². The van der Waals surface area contributed by atoms with Crippen molar-refractivity contribution in [3.05, 3.63) is 35.4 Å². The van der Waals surface area contributed by atoms with Gasteiger partial charge in [0, 0.05) is 23.6 Å². The minimum absolute atomic E-state index is 0.187. The number of thioether (sulfide) groups is 1. The Morgan fingerprint density at radius 2 is 2.18 bits per heavy atom. The normalized spacial score (nSPS) is 21.3. The first-order valence-electron chi connectivity index (χ1n) is 6.25. The number of fused-ring (bicyclic) bond motifs is 1. The van der Waals surface area contributed by atoms with Crippen LogP contribution in [0.25, 0.3) is 0 Å². The fourth-order valence-electron chi connectivity index (χ4n) is 2.23. The molecule has 0 spiro atoms. The van der Waals surface area contributed by atoms with Gasteiger partial charge in [-0.1, -0.05) is 38.1 Å². The molecule has 0 fully saturated rings. The Bertz CT molecular complexity index is 367. The standard InChI is InChI=1S/C14H21NOS/c1-10(2)13(7-16)15-14-9-17-8-11-5-3-4-6-12(11)14/h3-6,10,13-16H,7-9H2,1-2H3/t13-,14?/m1/s1. The van der Waals surface area contributed by atoms with E-state index in [0.29, 0.717) is 12.0 Å². The van der Waals surface area contributed by atoms with Gasteiger partial charge in [0.2, 0.25) is 0 Å². The highest BCUT2D eigenvalue weighted by Gasteiger charge is 2.23. The summed E-state index contributed by atoms with van der Waals surface area (Å²) in [4.78, 5) is 0. The minimum Gasteiger partial charge on any atom is -0.395 e. The second-order valence-corrected chi connectivity index (χ2v) is 6.00. The van der Waals surface area contributed by atoms with E-state index in [-0.39, 0.29) is 12.6 Å². The van der Waals surface area contributed by atoms with Gasteiger partial charge in [-0.25, -0.2) is 0 Å². The second-order valence-electron chi connectivity index (χ2n) is 4.97. The van der Waals surface area contributed by atoms with Crippen molar-refractivity contribution in [3.8, 4) is 0 Å². The maximum absolute atomic E-state index is 9.41. The van der Waals surface area contributed by atoms with Crippen LogP contribution in [0.5, 0.6) is 0 Å². The molecule has 0 radical (unpaired) electrons. The van der Waals surface area contributed by atoms with Crippen LogP contribution in [0.3, 0.4) is 0 Å². The van der Waals surface area contributed by atoms with Crippen LogP contribution < -0.4 is 5.32 Å². The van der Waals surface area contributed by atoms with Gasteiger partial charge in [0.15, 0.2) is 0 Å². The average molecular weight is 251 g/mol. The number of benzene rings is 1. The lowest BCUT2D eigenvalue weighted by Crippen LogP contribution is -2.41. The molecule has 0 saturated carbocycles. The molecule has 0 aliphatic carbocycles. The van der Waals surface area contributed by atoms with E-state index >= 15 is 0 Å². The number of aliphatic hydroxyl groups excluding tert-OH is 1. The van der Waals surface area contributed by atoms with Crippen molar-refractivity contribution in [2.45, 2.75) is 31.7 Å². The van der Waals surface area contributed by atoms with Crippen molar-refractivity contribution >= 4 is 11.8 Å². The number of nitrogens with one attached hydrogen (secondary N) is 1.